The fourth-order valence-corrected chi connectivity index (χ4v) is 1.51. The Hall–Kier alpha value is -2.35. The highest BCUT2D eigenvalue weighted by Crippen LogP contribution is 2.16. The fraction of sp³-hybridized carbons (Fsp3) is 0.429. The molecule has 0 saturated carbocycles. The average molecular weight is 342 g/mol. The summed E-state index contributed by atoms with van der Waals surface area (Å²) in [5.41, 5.74) is 16.4. The number of guanidine groups is 1. The van der Waals surface area contributed by atoms with Crippen LogP contribution in [0.2, 0.25) is 5.15 Å². The first kappa shape index (κ1) is 20.6. The van der Waals surface area contributed by atoms with E-state index in [9.17, 15) is 4.79 Å². The van der Waals surface area contributed by atoms with Crippen LogP contribution in [0.1, 0.15) is 43.6 Å². The SMILES string of the molecule is C=CC.CCCCCN=C(N)NC(=O)c1nc(Cl)c(N)nc1N. The minimum atomic E-state index is -0.631. The van der Waals surface area contributed by atoms with Gasteiger partial charge in [0.15, 0.2) is 28.4 Å². The zero-order valence-corrected chi connectivity index (χ0v) is 14.2. The van der Waals surface area contributed by atoms with Gasteiger partial charge in [0, 0.05) is 6.54 Å². The predicted octanol–water partition coefficient (Wildman–Crippen LogP) is 1.72. The fourth-order valence-electron chi connectivity index (χ4n) is 1.39. The molecular formula is C14H24ClN7O. The van der Waals surface area contributed by atoms with Gasteiger partial charge in [-0.15, -0.1) is 6.58 Å². The van der Waals surface area contributed by atoms with Gasteiger partial charge in [0.1, 0.15) is 0 Å². The van der Waals surface area contributed by atoms with E-state index in [2.05, 4.69) is 33.8 Å². The Morgan fingerprint density at radius 2 is 1.96 bits per heavy atom. The van der Waals surface area contributed by atoms with Crippen molar-refractivity contribution in [2.45, 2.75) is 33.1 Å². The second-order valence-corrected chi connectivity index (χ2v) is 4.83. The topological polar surface area (TPSA) is 145 Å². The number of nitrogens with one attached hydrogen (secondary N) is 1. The van der Waals surface area contributed by atoms with Crippen LogP contribution in [-0.4, -0.2) is 28.4 Å². The lowest BCUT2D eigenvalue weighted by molar-refractivity contribution is 0.0972. The van der Waals surface area contributed by atoms with E-state index in [0.717, 1.165) is 19.3 Å². The highest BCUT2D eigenvalue weighted by molar-refractivity contribution is 6.31. The number of aliphatic imine (C=N–C) groups is 1. The number of nitrogen functional groups attached to an aromatic ring is 2. The minimum Gasteiger partial charge on any atom is -0.382 e. The molecule has 0 aromatic carbocycles. The maximum atomic E-state index is 11.9. The third-order valence-electron chi connectivity index (χ3n) is 2.41. The van der Waals surface area contributed by atoms with Crippen LogP contribution >= 0.6 is 11.6 Å². The lowest BCUT2D eigenvalue weighted by atomic mass is 10.2. The van der Waals surface area contributed by atoms with Crippen molar-refractivity contribution in [1.82, 2.24) is 15.3 Å². The van der Waals surface area contributed by atoms with Crippen molar-refractivity contribution in [2.24, 2.45) is 10.7 Å². The third-order valence-corrected chi connectivity index (χ3v) is 2.68. The van der Waals surface area contributed by atoms with Crippen LogP contribution in [0.5, 0.6) is 0 Å². The number of hydrogen-bond acceptors (Lipinski definition) is 6. The van der Waals surface area contributed by atoms with Crippen LogP contribution in [0.25, 0.3) is 0 Å². The van der Waals surface area contributed by atoms with E-state index < -0.39 is 5.91 Å². The molecule has 0 radical (unpaired) electrons. The van der Waals surface area contributed by atoms with Crippen molar-refractivity contribution in [3.8, 4) is 0 Å². The number of unbranched alkanes of at least 4 members (excludes halogenated alkanes) is 2. The summed E-state index contributed by atoms with van der Waals surface area (Å²) in [6.45, 7) is 7.88. The molecule has 7 N–H and O–H groups in total. The maximum Gasteiger partial charge on any atom is 0.280 e. The number of nitrogens with two attached hydrogens (primary N) is 3. The average Bonchev–Trinajstić information content (AvgIpc) is 2.48. The molecule has 1 amide bonds. The van der Waals surface area contributed by atoms with Crippen LogP contribution < -0.4 is 22.5 Å². The molecule has 1 heterocycles. The Balaban J connectivity index is 0.00000149. The smallest absolute Gasteiger partial charge is 0.280 e. The standard InChI is InChI=1S/C11H18ClN7O.C3H6/c1-2-3-4-5-16-11(15)19-10(20)6-8(13)18-9(14)7(12)17-6;1-3-2/h2-5H2,1H3,(H4,13,14,18)(H3,15,16,19,20);3H,1H2,2H3. The number of rotatable bonds is 5. The van der Waals surface area contributed by atoms with E-state index in [0.29, 0.717) is 6.54 Å². The van der Waals surface area contributed by atoms with Crippen LogP contribution in [-0.2, 0) is 0 Å². The minimum absolute atomic E-state index is 0.000232. The number of amides is 1. The molecule has 0 aliphatic rings. The van der Waals surface area contributed by atoms with Gasteiger partial charge in [0.2, 0.25) is 0 Å². The summed E-state index contributed by atoms with van der Waals surface area (Å²) in [5.74, 6) is -0.793. The van der Waals surface area contributed by atoms with Crippen molar-refractivity contribution in [2.75, 3.05) is 18.0 Å². The molecule has 0 aliphatic carbocycles. The Morgan fingerprint density at radius 3 is 2.52 bits per heavy atom. The lowest BCUT2D eigenvalue weighted by Gasteiger charge is -2.07. The van der Waals surface area contributed by atoms with Gasteiger partial charge in [0.25, 0.3) is 5.91 Å². The van der Waals surface area contributed by atoms with Crippen LogP contribution in [0, 0.1) is 0 Å². The Morgan fingerprint density at radius 1 is 1.35 bits per heavy atom. The lowest BCUT2D eigenvalue weighted by Crippen LogP contribution is -2.38. The molecule has 1 aromatic heterocycles. The highest BCUT2D eigenvalue weighted by atomic mass is 35.5. The largest absolute Gasteiger partial charge is 0.382 e. The molecule has 0 fully saturated rings. The summed E-state index contributed by atoms with van der Waals surface area (Å²) in [6, 6.07) is 0. The molecule has 0 atom stereocenters. The van der Waals surface area contributed by atoms with Crippen molar-refractivity contribution < 1.29 is 4.79 Å². The normalized spacial score (nSPS) is 10.5. The first-order valence-electron chi connectivity index (χ1n) is 7.14. The molecule has 8 nitrogen and oxygen atoms in total. The van der Waals surface area contributed by atoms with E-state index in [4.69, 9.17) is 28.8 Å². The van der Waals surface area contributed by atoms with Crippen molar-refractivity contribution in [1.29, 1.82) is 0 Å². The van der Waals surface area contributed by atoms with Crippen molar-refractivity contribution in [3.05, 3.63) is 23.5 Å². The first-order chi connectivity index (χ1) is 10.9. The van der Waals surface area contributed by atoms with E-state index in [1.54, 1.807) is 6.08 Å². The Kier molecular flexibility index (Phi) is 10.1. The number of allylic oxidation sites excluding steroid dienone is 1. The molecule has 0 saturated heterocycles. The van der Waals surface area contributed by atoms with Gasteiger partial charge in [-0.3, -0.25) is 15.1 Å². The number of carbonyl (C=O) groups is 1. The highest BCUT2D eigenvalue weighted by Gasteiger charge is 2.16. The van der Waals surface area contributed by atoms with Gasteiger partial charge in [0.05, 0.1) is 0 Å². The third kappa shape index (κ3) is 8.01. The summed E-state index contributed by atoms with van der Waals surface area (Å²) >= 11 is 5.69. The van der Waals surface area contributed by atoms with Gasteiger partial charge in [-0.2, -0.15) is 0 Å². The molecule has 0 bridgehead atoms. The quantitative estimate of drug-likeness (QED) is 0.277. The van der Waals surface area contributed by atoms with Crippen LogP contribution in [0.4, 0.5) is 11.6 Å². The van der Waals surface area contributed by atoms with E-state index in [1.165, 1.54) is 0 Å². The van der Waals surface area contributed by atoms with Gasteiger partial charge in [-0.05, 0) is 13.3 Å². The first-order valence-corrected chi connectivity index (χ1v) is 7.51. The second kappa shape index (κ2) is 11.2. The van der Waals surface area contributed by atoms with E-state index in [1.807, 2.05) is 6.92 Å². The second-order valence-electron chi connectivity index (χ2n) is 4.47. The molecule has 0 aliphatic heterocycles. The molecule has 1 aromatic rings. The van der Waals surface area contributed by atoms with Gasteiger partial charge >= 0.3 is 0 Å². The number of hydrogen-bond donors (Lipinski definition) is 4. The molecular weight excluding hydrogens is 318 g/mol. The van der Waals surface area contributed by atoms with E-state index in [-0.39, 0.29) is 28.4 Å². The monoisotopic (exact) mass is 341 g/mol. The molecule has 128 valence electrons. The predicted molar refractivity (Wildman–Crippen MR) is 95.2 cm³/mol. The number of nitrogens with zero attached hydrogens (tertiary/aromatic N) is 3. The number of halogens is 1. The van der Waals surface area contributed by atoms with E-state index >= 15 is 0 Å². The van der Waals surface area contributed by atoms with Crippen molar-refractivity contribution >= 4 is 35.1 Å². The van der Waals surface area contributed by atoms with Crippen LogP contribution in [0.15, 0.2) is 17.6 Å². The summed E-state index contributed by atoms with van der Waals surface area (Å²) in [4.78, 5) is 23.4. The Bertz CT molecular complexity index is 560. The molecule has 0 spiro atoms. The van der Waals surface area contributed by atoms with Crippen LogP contribution in [0.3, 0.4) is 0 Å². The summed E-state index contributed by atoms with van der Waals surface area (Å²) in [6.07, 6.45) is 4.79. The van der Waals surface area contributed by atoms with Gasteiger partial charge in [-0.1, -0.05) is 37.4 Å². The van der Waals surface area contributed by atoms with Crippen molar-refractivity contribution in [3.63, 3.8) is 0 Å². The molecule has 1 rings (SSSR count). The maximum absolute atomic E-state index is 11.9. The summed E-state index contributed by atoms with van der Waals surface area (Å²) in [7, 11) is 0. The molecule has 9 heteroatoms. The number of carbonyl (C=O) groups excluding carboxylic acids is 1. The summed E-state index contributed by atoms with van der Waals surface area (Å²) < 4.78 is 0. The Labute approximate surface area is 141 Å². The zero-order chi connectivity index (χ0) is 17.8. The zero-order valence-electron chi connectivity index (χ0n) is 13.5. The number of aromatic nitrogens is 2. The summed E-state index contributed by atoms with van der Waals surface area (Å²) in [5, 5.41) is 2.27. The molecule has 0 unspecified atom stereocenters. The molecule has 23 heavy (non-hydrogen) atoms. The van der Waals surface area contributed by atoms with Gasteiger partial charge in [-0.25, -0.2) is 9.97 Å². The number of anilines is 2. The van der Waals surface area contributed by atoms with Gasteiger partial charge < -0.3 is 17.2 Å².